The fraction of sp³-hybridized carbons (Fsp3) is 0.400. The number of nitrogens with zero attached hydrogens (tertiary/aromatic N) is 1. The summed E-state index contributed by atoms with van der Waals surface area (Å²) < 4.78 is 12.3. The summed E-state index contributed by atoms with van der Waals surface area (Å²) in [6, 6.07) is 10.4. The maximum absolute atomic E-state index is 13.3. The molecule has 1 aliphatic carbocycles. The number of hydrogen-bond acceptors (Lipinski definition) is 5. The third-order valence-corrected chi connectivity index (χ3v) is 7.09. The van der Waals surface area contributed by atoms with Gasteiger partial charge in [0, 0.05) is 17.7 Å². The van der Waals surface area contributed by atoms with E-state index >= 15 is 0 Å². The Morgan fingerprint density at radius 2 is 1.85 bits per heavy atom. The Balaban J connectivity index is 1.69. The second-order valence-corrected chi connectivity index (χ2v) is 9.10. The van der Waals surface area contributed by atoms with Crippen LogP contribution < -0.4 is 20.3 Å². The summed E-state index contributed by atoms with van der Waals surface area (Å²) >= 11 is 5.49. The molecule has 1 aliphatic rings. The number of carbonyl (C=O) groups is 1. The number of H-pyrrole nitrogens is 1. The van der Waals surface area contributed by atoms with Crippen molar-refractivity contribution in [2.45, 2.75) is 39.2 Å². The van der Waals surface area contributed by atoms with Gasteiger partial charge < -0.3 is 19.8 Å². The van der Waals surface area contributed by atoms with Crippen molar-refractivity contribution >= 4 is 29.0 Å². The summed E-state index contributed by atoms with van der Waals surface area (Å²) in [6.07, 6.45) is 3.31. The van der Waals surface area contributed by atoms with Crippen molar-refractivity contribution < 1.29 is 14.3 Å². The maximum atomic E-state index is 13.3. The number of rotatable bonds is 5. The molecule has 1 saturated carbocycles. The van der Waals surface area contributed by atoms with Crippen LogP contribution >= 0.6 is 12.2 Å². The van der Waals surface area contributed by atoms with Gasteiger partial charge in [0.2, 0.25) is 0 Å². The van der Waals surface area contributed by atoms with Crippen LogP contribution in [0.3, 0.4) is 0 Å². The lowest BCUT2D eigenvalue weighted by Crippen LogP contribution is -2.43. The number of amides is 1. The highest BCUT2D eigenvalue weighted by Crippen LogP contribution is 2.30. The summed E-state index contributed by atoms with van der Waals surface area (Å²) in [5, 5.41) is 3.62. The van der Waals surface area contributed by atoms with Crippen LogP contribution in [0, 0.1) is 16.6 Å². The van der Waals surface area contributed by atoms with E-state index in [1.54, 1.807) is 43.5 Å². The maximum Gasteiger partial charge on any atom is 0.266 e. The van der Waals surface area contributed by atoms with E-state index in [0.717, 1.165) is 12.8 Å². The zero-order chi connectivity index (χ0) is 23.7. The van der Waals surface area contributed by atoms with Gasteiger partial charge in [-0.3, -0.25) is 14.2 Å². The van der Waals surface area contributed by atoms with E-state index in [-0.39, 0.29) is 22.3 Å². The number of hydrogen-bond donors (Lipinski definition) is 2. The SMILES string of the molecule is COc1ccc(-n2c(=S)[nH]c3cc(C(=O)N[C@@H]4CCC[C@@H](C)[C@H]4C)ccc3c2=O)cc1OC. The molecule has 2 aromatic carbocycles. The molecule has 0 unspecified atom stereocenters. The lowest BCUT2D eigenvalue weighted by molar-refractivity contribution is 0.0891. The summed E-state index contributed by atoms with van der Waals surface area (Å²) in [5.41, 5.74) is 1.31. The Bertz CT molecular complexity index is 1310. The van der Waals surface area contributed by atoms with Crippen molar-refractivity contribution in [3.63, 3.8) is 0 Å². The van der Waals surface area contributed by atoms with E-state index in [4.69, 9.17) is 21.7 Å². The molecule has 0 saturated heterocycles. The van der Waals surface area contributed by atoms with Gasteiger partial charge in [0.1, 0.15) is 0 Å². The van der Waals surface area contributed by atoms with Crippen LogP contribution in [0.5, 0.6) is 11.5 Å². The summed E-state index contributed by atoms with van der Waals surface area (Å²) in [4.78, 5) is 29.3. The number of carbonyl (C=O) groups excluding carboxylic acids is 1. The fourth-order valence-electron chi connectivity index (χ4n) is 4.60. The Hall–Kier alpha value is -3.13. The number of aromatic nitrogens is 2. The highest BCUT2D eigenvalue weighted by atomic mass is 32.1. The van der Waals surface area contributed by atoms with Crippen LogP contribution in [0.2, 0.25) is 0 Å². The first-order valence-corrected chi connectivity index (χ1v) is 11.6. The Morgan fingerprint density at radius 3 is 2.58 bits per heavy atom. The van der Waals surface area contributed by atoms with E-state index in [9.17, 15) is 9.59 Å². The second-order valence-electron chi connectivity index (χ2n) is 8.72. The summed E-state index contributed by atoms with van der Waals surface area (Å²) in [7, 11) is 3.09. The van der Waals surface area contributed by atoms with Crippen LogP contribution in [0.1, 0.15) is 43.5 Å². The van der Waals surface area contributed by atoms with Gasteiger partial charge in [-0.1, -0.05) is 26.7 Å². The van der Waals surface area contributed by atoms with Crippen LogP contribution in [0.15, 0.2) is 41.2 Å². The molecule has 7 nitrogen and oxygen atoms in total. The topological polar surface area (TPSA) is 85.4 Å². The molecule has 1 heterocycles. The highest BCUT2D eigenvalue weighted by Gasteiger charge is 2.28. The normalized spacial score (nSPS) is 20.4. The van der Waals surface area contributed by atoms with Gasteiger partial charge >= 0.3 is 0 Å². The highest BCUT2D eigenvalue weighted by molar-refractivity contribution is 7.71. The zero-order valence-electron chi connectivity index (χ0n) is 19.3. The first-order chi connectivity index (χ1) is 15.8. The van der Waals surface area contributed by atoms with E-state index in [1.807, 2.05) is 0 Å². The number of aromatic amines is 1. The largest absolute Gasteiger partial charge is 0.493 e. The van der Waals surface area contributed by atoms with E-state index < -0.39 is 0 Å². The summed E-state index contributed by atoms with van der Waals surface area (Å²) in [5.74, 6) is 1.94. The molecule has 1 fully saturated rings. The van der Waals surface area contributed by atoms with Crippen LogP contribution in [-0.2, 0) is 0 Å². The third-order valence-electron chi connectivity index (χ3n) is 6.81. The van der Waals surface area contributed by atoms with E-state index in [0.29, 0.717) is 45.5 Å². The number of methoxy groups -OCH3 is 2. The molecular weight excluding hydrogens is 438 g/mol. The van der Waals surface area contributed by atoms with Gasteiger partial charge in [-0.25, -0.2) is 0 Å². The zero-order valence-corrected chi connectivity index (χ0v) is 20.1. The number of fused-ring (bicyclic) bond motifs is 1. The van der Waals surface area contributed by atoms with Gasteiger partial charge in [-0.2, -0.15) is 0 Å². The van der Waals surface area contributed by atoms with Crippen molar-refractivity contribution in [3.8, 4) is 17.2 Å². The molecule has 4 rings (SSSR count). The number of nitrogens with one attached hydrogen (secondary N) is 2. The lowest BCUT2D eigenvalue weighted by Gasteiger charge is -2.34. The fourth-order valence-corrected chi connectivity index (χ4v) is 4.89. The summed E-state index contributed by atoms with van der Waals surface area (Å²) in [6.45, 7) is 4.44. The monoisotopic (exact) mass is 467 g/mol. The van der Waals surface area contributed by atoms with Gasteiger partial charge in [0.05, 0.1) is 30.8 Å². The minimum Gasteiger partial charge on any atom is -0.493 e. The standard InChI is InChI=1S/C25H29N3O4S/c1-14-6-5-7-19(15(14)2)26-23(29)16-8-10-18-20(12-16)27-25(33)28(24(18)30)17-9-11-21(31-3)22(13-17)32-4/h8-15,19H,5-7H2,1-4H3,(H,26,29)(H,27,33)/t14-,15-,19-/m1/s1. The van der Waals surface area contributed by atoms with Gasteiger partial charge in [-0.15, -0.1) is 0 Å². The number of benzene rings is 2. The van der Waals surface area contributed by atoms with Gasteiger partial charge in [-0.05, 0) is 60.8 Å². The minimum absolute atomic E-state index is 0.133. The molecule has 0 radical (unpaired) electrons. The first kappa shape index (κ1) is 23.0. The Labute approximate surface area is 197 Å². The van der Waals surface area contributed by atoms with Crippen LogP contribution in [0.25, 0.3) is 16.6 Å². The molecule has 3 atom stereocenters. The molecular formula is C25H29N3O4S. The van der Waals surface area contributed by atoms with Crippen LogP contribution in [0.4, 0.5) is 0 Å². The molecule has 1 amide bonds. The van der Waals surface area contributed by atoms with Crippen LogP contribution in [-0.4, -0.2) is 35.7 Å². The minimum atomic E-state index is -0.275. The van der Waals surface area contributed by atoms with Crippen molar-refractivity contribution in [1.82, 2.24) is 14.9 Å². The quantitative estimate of drug-likeness (QED) is 0.535. The third kappa shape index (κ3) is 4.39. The lowest BCUT2D eigenvalue weighted by atomic mass is 9.78. The van der Waals surface area contributed by atoms with E-state index in [2.05, 4.69) is 24.1 Å². The van der Waals surface area contributed by atoms with Crippen molar-refractivity contribution in [3.05, 3.63) is 57.1 Å². The Morgan fingerprint density at radius 1 is 1.09 bits per heavy atom. The predicted molar refractivity (Wildman–Crippen MR) is 131 cm³/mol. The average Bonchev–Trinajstić information content (AvgIpc) is 2.81. The molecule has 33 heavy (non-hydrogen) atoms. The molecule has 0 aliphatic heterocycles. The second kappa shape index (κ2) is 9.39. The van der Waals surface area contributed by atoms with Gasteiger partial charge in [0.15, 0.2) is 16.3 Å². The Kier molecular flexibility index (Phi) is 6.56. The van der Waals surface area contributed by atoms with Crippen molar-refractivity contribution in [1.29, 1.82) is 0 Å². The van der Waals surface area contributed by atoms with Crippen molar-refractivity contribution in [2.75, 3.05) is 14.2 Å². The predicted octanol–water partition coefficient (Wildman–Crippen LogP) is 4.62. The molecule has 0 spiro atoms. The molecule has 1 aromatic heterocycles. The first-order valence-electron chi connectivity index (χ1n) is 11.2. The van der Waals surface area contributed by atoms with E-state index in [1.165, 1.54) is 18.1 Å². The smallest absolute Gasteiger partial charge is 0.266 e. The average molecular weight is 468 g/mol. The number of ether oxygens (including phenoxy) is 2. The molecule has 3 aromatic rings. The molecule has 2 N–H and O–H groups in total. The molecule has 174 valence electrons. The molecule has 8 heteroatoms. The van der Waals surface area contributed by atoms with Gasteiger partial charge in [0.25, 0.3) is 11.5 Å². The molecule has 0 bridgehead atoms. The van der Waals surface area contributed by atoms with Crippen molar-refractivity contribution in [2.24, 2.45) is 11.8 Å².